The molecule has 1 heterocycles. The second-order valence-corrected chi connectivity index (χ2v) is 5.86. The predicted molar refractivity (Wildman–Crippen MR) is 92.1 cm³/mol. The van der Waals surface area contributed by atoms with Gasteiger partial charge in [0.25, 0.3) is 5.91 Å². The standard InChI is InChI=1S/C19H18FN3O/c1-12-8-13(2)10-15(9-12)23-18(11-14(3)22-23)21-19(24)16-6-4-5-7-17(16)20/h4-11H,1-3H3,(H,21,24). The Bertz CT molecular complexity index is 894. The van der Waals surface area contributed by atoms with Crippen LogP contribution in [0.25, 0.3) is 5.69 Å². The molecule has 0 spiro atoms. The van der Waals surface area contributed by atoms with Crippen LogP contribution in [0, 0.1) is 26.6 Å². The molecule has 4 nitrogen and oxygen atoms in total. The number of rotatable bonds is 3. The van der Waals surface area contributed by atoms with E-state index in [2.05, 4.69) is 16.5 Å². The highest BCUT2D eigenvalue weighted by atomic mass is 19.1. The van der Waals surface area contributed by atoms with E-state index in [1.54, 1.807) is 22.9 Å². The number of anilines is 1. The van der Waals surface area contributed by atoms with Crippen molar-refractivity contribution in [2.45, 2.75) is 20.8 Å². The molecule has 0 aliphatic carbocycles. The van der Waals surface area contributed by atoms with E-state index in [-0.39, 0.29) is 5.56 Å². The molecule has 0 saturated carbocycles. The maximum absolute atomic E-state index is 13.8. The molecule has 0 saturated heterocycles. The van der Waals surface area contributed by atoms with Gasteiger partial charge in [-0.25, -0.2) is 9.07 Å². The Morgan fingerprint density at radius 3 is 2.38 bits per heavy atom. The van der Waals surface area contributed by atoms with Gasteiger partial charge in [-0.05, 0) is 56.2 Å². The van der Waals surface area contributed by atoms with Gasteiger partial charge in [0, 0.05) is 6.07 Å². The molecule has 0 atom stereocenters. The summed E-state index contributed by atoms with van der Waals surface area (Å²) in [4.78, 5) is 12.4. The van der Waals surface area contributed by atoms with Gasteiger partial charge in [0.05, 0.1) is 16.9 Å². The maximum atomic E-state index is 13.8. The lowest BCUT2D eigenvalue weighted by molar-refractivity contribution is 0.102. The summed E-state index contributed by atoms with van der Waals surface area (Å²) in [5.41, 5.74) is 3.82. The number of carbonyl (C=O) groups is 1. The van der Waals surface area contributed by atoms with E-state index in [4.69, 9.17) is 0 Å². The van der Waals surface area contributed by atoms with Gasteiger partial charge in [-0.2, -0.15) is 5.10 Å². The number of aromatic nitrogens is 2. The molecule has 24 heavy (non-hydrogen) atoms. The van der Waals surface area contributed by atoms with Crippen molar-refractivity contribution in [2.24, 2.45) is 0 Å². The molecule has 0 radical (unpaired) electrons. The molecule has 0 aliphatic rings. The van der Waals surface area contributed by atoms with Gasteiger partial charge in [0.1, 0.15) is 11.6 Å². The number of nitrogens with zero attached hydrogens (tertiary/aromatic N) is 2. The molecule has 0 bridgehead atoms. The van der Waals surface area contributed by atoms with Crippen molar-refractivity contribution in [3.8, 4) is 5.69 Å². The summed E-state index contributed by atoms with van der Waals surface area (Å²) in [6.45, 7) is 5.85. The minimum Gasteiger partial charge on any atom is -0.306 e. The van der Waals surface area contributed by atoms with Crippen molar-refractivity contribution in [2.75, 3.05) is 5.32 Å². The third-order valence-electron chi connectivity index (χ3n) is 3.64. The summed E-state index contributed by atoms with van der Waals surface area (Å²) < 4.78 is 15.5. The molecule has 5 heteroatoms. The summed E-state index contributed by atoms with van der Waals surface area (Å²) in [6.07, 6.45) is 0. The van der Waals surface area contributed by atoms with Gasteiger partial charge < -0.3 is 5.32 Å². The van der Waals surface area contributed by atoms with Gasteiger partial charge in [-0.3, -0.25) is 4.79 Å². The van der Waals surface area contributed by atoms with Gasteiger partial charge in [0.2, 0.25) is 0 Å². The number of benzene rings is 2. The van der Waals surface area contributed by atoms with Crippen LogP contribution in [0.4, 0.5) is 10.2 Å². The van der Waals surface area contributed by atoms with Gasteiger partial charge >= 0.3 is 0 Å². The molecule has 122 valence electrons. The zero-order chi connectivity index (χ0) is 17.3. The highest BCUT2D eigenvalue weighted by molar-refractivity contribution is 6.04. The monoisotopic (exact) mass is 323 g/mol. The van der Waals surface area contributed by atoms with Crippen LogP contribution in [0.2, 0.25) is 0 Å². The summed E-state index contributed by atoms with van der Waals surface area (Å²) in [7, 11) is 0. The molecule has 0 unspecified atom stereocenters. The zero-order valence-corrected chi connectivity index (χ0v) is 13.8. The van der Waals surface area contributed by atoms with Crippen LogP contribution >= 0.6 is 0 Å². The highest BCUT2D eigenvalue weighted by Crippen LogP contribution is 2.20. The first-order valence-electron chi connectivity index (χ1n) is 7.65. The van der Waals surface area contributed by atoms with E-state index in [9.17, 15) is 9.18 Å². The summed E-state index contributed by atoms with van der Waals surface area (Å²) >= 11 is 0. The lowest BCUT2D eigenvalue weighted by Gasteiger charge is -2.11. The third-order valence-corrected chi connectivity index (χ3v) is 3.64. The zero-order valence-electron chi connectivity index (χ0n) is 13.8. The van der Waals surface area contributed by atoms with E-state index in [1.165, 1.54) is 12.1 Å². The fourth-order valence-corrected chi connectivity index (χ4v) is 2.69. The van der Waals surface area contributed by atoms with Crippen LogP contribution in [0.15, 0.2) is 48.5 Å². The normalized spacial score (nSPS) is 10.7. The van der Waals surface area contributed by atoms with Crippen LogP contribution in [0.1, 0.15) is 27.2 Å². The number of hydrogen-bond donors (Lipinski definition) is 1. The van der Waals surface area contributed by atoms with Crippen LogP contribution in [-0.4, -0.2) is 15.7 Å². The number of carbonyl (C=O) groups excluding carboxylic acids is 1. The molecule has 1 N–H and O–H groups in total. The first kappa shape index (κ1) is 15.9. The van der Waals surface area contributed by atoms with Crippen molar-refractivity contribution in [3.63, 3.8) is 0 Å². The van der Waals surface area contributed by atoms with Crippen LogP contribution in [0.3, 0.4) is 0 Å². The Labute approximate surface area is 139 Å². The Kier molecular flexibility index (Phi) is 4.16. The van der Waals surface area contributed by atoms with Crippen molar-refractivity contribution in [1.29, 1.82) is 0 Å². The Balaban J connectivity index is 1.98. The predicted octanol–water partition coefficient (Wildman–Crippen LogP) is 4.19. The van der Waals surface area contributed by atoms with E-state index in [1.807, 2.05) is 32.9 Å². The SMILES string of the molecule is Cc1cc(C)cc(-n2nc(C)cc2NC(=O)c2ccccc2F)c1. The van der Waals surface area contributed by atoms with E-state index < -0.39 is 11.7 Å². The molecular formula is C19H18FN3O. The van der Waals surface area contributed by atoms with Crippen molar-refractivity contribution in [1.82, 2.24) is 9.78 Å². The van der Waals surface area contributed by atoms with Crippen LogP contribution in [0.5, 0.6) is 0 Å². The Morgan fingerprint density at radius 1 is 1.04 bits per heavy atom. The highest BCUT2D eigenvalue weighted by Gasteiger charge is 2.15. The summed E-state index contributed by atoms with van der Waals surface area (Å²) in [5.74, 6) is -0.548. The maximum Gasteiger partial charge on any atom is 0.259 e. The number of hydrogen-bond acceptors (Lipinski definition) is 2. The Morgan fingerprint density at radius 2 is 1.71 bits per heavy atom. The minimum absolute atomic E-state index is 0.00308. The molecule has 3 aromatic rings. The fourth-order valence-electron chi connectivity index (χ4n) is 2.69. The number of aryl methyl sites for hydroxylation is 3. The lowest BCUT2D eigenvalue weighted by atomic mass is 10.1. The average Bonchev–Trinajstić information content (AvgIpc) is 2.87. The molecule has 1 aromatic heterocycles. The lowest BCUT2D eigenvalue weighted by Crippen LogP contribution is -2.16. The second-order valence-electron chi connectivity index (χ2n) is 5.86. The third kappa shape index (κ3) is 3.20. The molecule has 0 fully saturated rings. The summed E-state index contributed by atoms with van der Waals surface area (Å²) in [6, 6.07) is 13.7. The molecular weight excluding hydrogens is 305 g/mol. The molecule has 2 aromatic carbocycles. The molecule has 1 amide bonds. The van der Waals surface area contributed by atoms with Crippen molar-refractivity contribution >= 4 is 11.7 Å². The minimum atomic E-state index is -0.552. The van der Waals surface area contributed by atoms with Crippen LogP contribution in [-0.2, 0) is 0 Å². The fraction of sp³-hybridized carbons (Fsp3) is 0.158. The van der Waals surface area contributed by atoms with Crippen molar-refractivity contribution in [3.05, 3.63) is 76.7 Å². The van der Waals surface area contributed by atoms with Gasteiger partial charge in [-0.1, -0.05) is 18.2 Å². The van der Waals surface area contributed by atoms with E-state index in [0.29, 0.717) is 5.82 Å². The topological polar surface area (TPSA) is 46.9 Å². The quantitative estimate of drug-likeness (QED) is 0.785. The Hall–Kier alpha value is -2.95. The van der Waals surface area contributed by atoms with E-state index >= 15 is 0 Å². The van der Waals surface area contributed by atoms with E-state index in [0.717, 1.165) is 22.5 Å². The first-order valence-corrected chi connectivity index (χ1v) is 7.65. The first-order chi connectivity index (χ1) is 11.4. The van der Waals surface area contributed by atoms with Gasteiger partial charge in [0.15, 0.2) is 0 Å². The summed E-state index contributed by atoms with van der Waals surface area (Å²) in [5, 5.41) is 7.19. The second kappa shape index (κ2) is 6.28. The average molecular weight is 323 g/mol. The largest absolute Gasteiger partial charge is 0.306 e. The molecule has 3 rings (SSSR count). The van der Waals surface area contributed by atoms with Crippen molar-refractivity contribution < 1.29 is 9.18 Å². The number of amides is 1. The smallest absolute Gasteiger partial charge is 0.259 e. The number of nitrogens with one attached hydrogen (secondary N) is 1. The van der Waals surface area contributed by atoms with Gasteiger partial charge in [-0.15, -0.1) is 0 Å². The van der Waals surface area contributed by atoms with Crippen LogP contribution < -0.4 is 5.32 Å². The molecule has 0 aliphatic heterocycles. The number of halogens is 1.